The molecular formula is C21H41N4O11P3. The maximum Gasteiger partial charge on any atom is 0.328 e. The van der Waals surface area contributed by atoms with Gasteiger partial charge in [0.1, 0.15) is 20.2 Å². The fourth-order valence-electron chi connectivity index (χ4n) is 3.80. The molecule has 1 saturated heterocycles. The minimum Gasteiger partial charge on any atom is -0.389 e. The van der Waals surface area contributed by atoms with Crippen LogP contribution in [0.25, 0.3) is 0 Å². The predicted octanol–water partition coefficient (Wildman–Crippen LogP) is -0.487. The highest BCUT2D eigenvalue weighted by atomic mass is 31.2. The molecule has 0 saturated carbocycles. The molecule has 1 aliphatic heterocycles. The van der Waals surface area contributed by atoms with Crippen molar-refractivity contribution in [1.29, 1.82) is 0 Å². The van der Waals surface area contributed by atoms with Crippen LogP contribution in [0.5, 0.6) is 0 Å². The van der Waals surface area contributed by atoms with Gasteiger partial charge in [-0.25, -0.2) is 0 Å². The molecule has 18 heteroatoms. The van der Waals surface area contributed by atoms with Crippen LogP contribution in [0.2, 0.25) is 0 Å². The monoisotopic (exact) mass is 618 g/mol. The van der Waals surface area contributed by atoms with Gasteiger partial charge in [0.2, 0.25) is 0 Å². The average Bonchev–Trinajstić information content (AvgIpc) is 2.89. The highest BCUT2D eigenvalue weighted by molar-refractivity contribution is 7.39. The summed E-state index contributed by atoms with van der Waals surface area (Å²) in [6.45, 7) is 4.38. The zero-order valence-corrected chi connectivity index (χ0v) is 24.6. The molecule has 39 heavy (non-hydrogen) atoms. The molecule has 0 spiro atoms. The van der Waals surface area contributed by atoms with E-state index in [4.69, 9.17) is 33.0 Å². The van der Waals surface area contributed by atoms with Gasteiger partial charge in [-0.3, -0.25) is 37.7 Å². The lowest BCUT2D eigenvalue weighted by molar-refractivity contribution is 0.000320. The molecule has 1 fully saturated rings. The Balaban J connectivity index is 2.02. The minimum absolute atomic E-state index is 0.0264. The molecule has 2 unspecified atom stereocenters. The summed E-state index contributed by atoms with van der Waals surface area (Å²) in [5.74, 6) is 0. The molecule has 6 N–H and O–H groups in total. The van der Waals surface area contributed by atoms with E-state index in [9.17, 15) is 19.5 Å². The summed E-state index contributed by atoms with van der Waals surface area (Å²) in [6.07, 6.45) is -0.757. The van der Waals surface area contributed by atoms with Crippen LogP contribution in [0.3, 0.4) is 0 Å². The first-order chi connectivity index (χ1) is 18.7. The molecule has 1 aromatic rings. The third-order valence-electron chi connectivity index (χ3n) is 5.90. The predicted molar refractivity (Wildman–Crippen MR) is 145 cm³/mol. The number of ether oxygens (including phenoxy) is 1. The van der Waals surface area contributed by atoms with Crippen molar-refractivity contribution in [2.24, 2.45) is 0 Å². The van der Waals surface area contributed by atoms with Crippen LogP contribution in [0.1, 0.15) is 5.56 Å². The van der Waals surface area contributed by atoms with Crippen molar-refractivity contribution in [3.8, 4) is 0 Å². The molecule has 2 rings (SSSR count). The summed E-state index contributed by atoms with van der Waals surface area (Å²) in [5, 5.41) is 10.7. The van der Waals surface area contributed by atoms with Gasteiger partial charge in [0.25, 0.3) is 0 Å². The van der Waals surface area contributed by atoms with Crippen molar-refractivity contribution in [3.05, 3.63) is 35.9 Å². The van der Waals surface area contributed by atoms with Crippen LogP contribution in [-0.2, 0) is 29.5 Å². The largest absolute Gasteiger partial charge is 0.389 e. The van der Waals surface area contributed by atoms with Crippen LogP contribution in [0.4, 0.5) is 0 Å². The van der Waals surface area contributed by atoms with Gasteiger partial charge in [0.15, 0.2) is 0 Å². The molecular weight excluding hydrogens is 577 g/mol. The summed E-state index contributed by atoms with van der Waals surface area (Å²) in [5.41, 5.74) is 1.01. The average molecular weight is 618 g/mol. The van der Waals surface area contributed by atoms with E-state index in [0.717, 1.165) is 5.56 Å². The first kappa shape index (κ1) is 34.9. The zero-order valence-electron chi connectivity index (χ0n) is 21.8. The summed E-state index contributed by atoms with van der Waals surface area (Å²) in [6, 6.07) is 9.66. The normalized spacial score (nSPS) is 19.7. The Kier molecular flexibility index (Phi) is 18.5. The molecule has 0 amide bonds. The van der Waals surface area contributed by atoms with Crippen LogP contribution in [0, 0.1) is 0 Å². The van der Waals surface area contributed by atoms with E-state index in [1.165, 1.54) is 0 Å². The first-order valence-corrected chi connectivity index (χ1v) is 16.0. The number of hydrogen-bond acceptors (Lipinski definition) is 14. The van der Waals surface area contributed by atoms with Crippen LogP contribution >= 0.6 is 25.5 Å². The molecule has 0 aromatic heterocycles. The standard InChI is InChI=1S/C21H41N4O11P3/c26-21(16-33-15-20-4-2-1-3-5-20)14-22-6-8-23(17-34-37(27)28)10-12-25(19-36-39(31)32)13-11-24(9-7-22)18-35-38(29)30/h1-5,21,26-28,31-32,38H,6-19H2,(H,29,30). The smallest absolute Gasteiger partial charge is 0.328 e. The van der Waals surface area contributed by atoms with Crippen molar-refractivity contribution >= 4 is 25.5 Å². The Morgan fingerprint density at radius 3 is 1.69 bits per heavy atom. The number of benzene rings is 1. The van der Waals surface area contributed by atoms with Crippen molar-refractivity contribution < 1.29 is 52.4 Å². The minimum atomic E-state index is -3.13. The highest BCUT2D eigenvalue weighted by Crippen LogP contribution is 2.25. The number of hydrogen-bond donors (Lipinski definition) is 6. The number of aliphatic hydroxyl groups excluding tert-OH is 1. The van der Waals surface area contributed by atoms with Gasteiger partial charge in [0.05, 0.1) is 19.3 Å². The maximum atomic E-state index is 11.2. The first-order valence-electron chi connectivity index (χ1n) is 12.4. The van der Waals surface area contributed by atoms with E-state index >= 15 is 0 Å². The van der Waals surface area contributed by atoms with Gasteiger partial charge in [-0.15, -0.1) is 0 Å². The Morgan fingerprint density at radius 2 is 1.23 bits per heavy atom. The Labute approximate surface area is 232 Å². The van der Waals surface area contributed by atoms with Crippen LogP contribution in [0.15, 0.2) is 30.3 Å². The molecule has 1 aromatic carbocycles. The van der Waals surface area contributed by atoms with E-state index in [0.29, 0.717) is 65.5 Å². The van der Waals surface area contributed by atoms with Crippen molar-refractivity contribution in [2.45, 2.75) is 12.7 Å². The Morgan fingerprint density at radius 1 is 0.769 bits per heavy atom. The van der Waals surface area contributed by atoms with E-state index < -0.39 is 31.6 Å². The van der Waals surface area contributed by atoms with Gasteiger partial charge in [-0.1, -0.05) is 30.3 Å². The van der Waals surface area contributed by atoms with Crippen LogP contribution < -0.4 is 0 Å². The molecule has 226 valence electrons. The molecule has 2 atom stereocenters. The van der Waals surface area contributed by atoms with Gasteiger partial charge < -0.3 is 34.3 Å². The third kappa shape index (κ3) is 17.3. The Bertz CT molecular complexity index is 791. The molecule has 1 heterocycles. The van der Waals surface area contributed by atoms with Crippen LogP contribution in [-0.4, -0.2) is 141 Å². The number of aliphatic hydroxyl groups is 1. The maximum absolute atomic E-state index is 11.2. The van der Waals surface area contributed by atoms with Gasteiger partial charge >= 0.3 is 25.5 Å². The fraction of sp³-hybridized carbons (Fsp3) is 0.714. The van der Waals surface area contributed by atoms with E-state index in [1.807, 2.05) is 49.9 Å². The molecule has 0 aliphatic carbocycles. The number of rotatable bonds is 15. The second-order valence-electron chi connectivity index (χ2n) is 8.87. The molecule has 15 nitrogen and oxygen atoms in total. The highest BCUT2D eigenvalue weighted by Gasteiger charge is 2.20. The summed E-state index contributed by atoms with van der Waals surface area (Å²) in [7, 11) is -8.20. The third-order valence-corrected chi connectivity index (χ3v) is 6.97. The second-order valence-corrected chi connectivity index (χ2v) is 11.2. The van der Waals surface area contributed by atoms with Gasteiger partial charge in [-0.05, 0) is 5.56 Å². The zero-order chi connectivity index (χ0) is 28.5. The topological polar surface area (TPSA) is 188 Å². The lowest BCUT2D eigenvalue weighted by atomic mass is 10.2. The molecule has 1 aliphatic rings. The van der Waals surface area contributed by atoms with Crippen molar-refractivity contribution in [3.63, 3.8) is 0 Å². The number of nitrogens with zero attached hydrogens (tertiary/aromatic N) is 4. The van der Waals surface area contributed by atoms with Gasteiger partial charge in [-0.2, -0.15) is 0 Å². The summed E-state index contributed by atoms with van der Waals surface area (Å²) in [4.78, 5) is 53.5. The Hall–Kier alpha value is -0.250. The quantitative estimate of drug-likeness (QED) is 0.138. The van der Waals surface area contributed by atoms with Crippen molar-refractivity contribution in [1.82, 2.24) is 19.6 Å². The summed E-state index contributed by atoms with van der Waals surface area (Å²) >= 11 is 0. The van der Waals surface area contributed by atoms with Gasteiger partial charge in [0, 0.05) is 58.9 Å². The van der Waals surface area contributed by atoms with Crippen molar-refractivity contribution in [2.75, 3.05) is 85.7 Å². The fourth-order valence-corrected chi connectivity index (χ4v) is 4.63. The van der Waals surface area contributed by atoms with E-state index in [2.05, 4.69) is 0 Å². The lowest BCUT2D eigenvalue weighted by Crippen LogP contribution is -2.48. The SMILES string of the molecule is O=[PH](O)OCN1CCN(COP(O)O)CCN(COP(O)O)CCN(CC(O)COCc2ccccc2)CC1. The number of β-amino-alcohol motifs (C(OH)–C–C–N with tert-alkyl or cyclic N) is 1. The summed E-state index contributed by atoms with van der Waals surface area (Å²) < 4.78 is 31.8. The van der Waals surface area contributed by atoms with E-state index in [1.54, 1.807) is 0 Å². The molecule has 0 radical (unpaired) electrons. The van der Waals surface area contributed by atoms with E-state index in [-0.39, 0.29) is 26.8 Å². The molecule has 0 bridgehead atoms. The second kappa shape index (κ2) is 20.6. The lowest BCUT2D eigenvalue weighted by Gasteiger charge is -2.34.